The van der Waals surface area contributed by atoms with Crippen molar-refractivity contribution in [1.29, 1.82) is 0 Å². The van der Waals surface area contributed by atoms with Crippen LogP contribution in [-0.4, -0.2) is 23.5 Å². The topological polar surface area (TPSA) is 79.5 Å². The molecule has 0 aliphatic carbocycles. The van der Waals surface area contributed by atoms with E-state index >= 15 is 0 Å². The van der Waals surface area contributed by atoms with Gasteiger partial charge in [-0.3, -0.25) is 9.59 Å². The second kappa shape index (κ2) is 13.1. The van der Waals surface area contributed by atoms with Gasteiger partial charge in [0.25, 0.3) is 5.91 Å². The number of benzene rings is 3. The number of carbonyl (C=O) groups is 2. The summed E-state index contributed by atoms with van der Waals surface area (Å²) in [6.45, 7) is 2.22. The average Bonchev–Trinajstić information content (AvgIpc) is 2.83. The zero-order valence-electron chi connectivity index (χ0n) is 19.0. The van der Waals surface area contributed by atoms with Crippen molar-refractivity contribution in [2.75, 3.05) is 11.9 Å². The summed E-state index contributed by atoms with van der Waals surface area (Å²) >= 11 is 17.2. The van der Waals surface area contributed by atoms with Gasteiger partial charge in [-0.05, 0) is 61.5 Å². The summed E-state index contributed by atoms with van der Waals surface area (Å²) in [4.78, 5) is 25.1. The van der Waals surface area contributed by atoms with Crippen molar-refractivity contribution in [3.05, 3.63) is 94.0 Å². The summed E-state index contributed by atoms with van der Waals surface area (Å²) in [6.07, 6.45) is 0.660. The van der Waals surface area contributed by atoms with Crippen LogP contribution in [0, 0.1) is 0 Å². The highest BCUT2D eigenvalue weighted by molar-refractivity contribution is 7.80. The number of ether oxygens (including phenoxy) is 1. The highest BCUT2D eigenvalue weighted by atomic mass is 35.5. The highest BCUT2D eigenvalue weighted by Gasteiger charge is 2.16. The predicted molar refractivity (Wildman–Crippen MR) is 144 cm³/mol. The van der Waals surface area contributed by atoms with Crippen molar-refractivity contribution in [2.24, 2.45) is 0 Å². The van der Waals surface area contributed by atoms with Gasteiger partial charge >= 0.3 is 0 Å². The van der Waals surface area contributed by atoms with E-state index in [2.05, 4.69) is 16.0 Å². The molecule has 0 saturated heterocycles. The fourth-order valence-corrected chi connectivity index (χ4v) is 3.93. The number of para-hydroxylation sites is 1. The van der Waals surface area contributed by atoms with Crippen LogP contribution in [0.25, 0.3) is 0 Å². The molecule has 0 radical (unpaired) electrons. The Bertz CT molecular complexity index is 1190. The van der Waals surface area contributed by atoms with E-state index in [-0.39, 0.29) is 29.4 Å². The number of amides is 2. The van der Waals surface area contributed by atoms with Gasteiger partial charge in [0, 0.05) is 11.4 Å². The van der Waals surface area contributed by atoms with Crippen LogP contribution in [0.15, 0.2) is 72.8 Å². The highest BCUT2D eigenvalue weighted by Crippen LogP contribution is 2.27. The molecule has 3 aromatic carbocycles. The van der Waals surface area contributed by atoms with E-state index in [0.717, 1.165) is 5.56 Å². The standard InChI is InChI=1S/C26H25Cl2N3O3S/c1-17(18-8-3-2-4-9-18)29-25(33)20-10-5-6-11-22(20)30-26(35)31-24(32)12-7-15-34-23-14-13-19(27)16-21(23)28/h2-6,8-11,13-14,16-17H,7,12,15H2,1H3,(H,29,33)(H2,30,31,32,35). The molecule has 0 saturated carbocycles. The first-order chi connectivity index (χ1) is 16.8. The molecule has 6 nitrogen and oxygen atoms in total. The van der Waals surface area contributed by atoms with Gasteiger partial charge in [-0.2, -0.15) is 0 Å². The molecule has 3 N–H and O–H groups in total. The lowest BCUT2D eigenvalue weighted by Crippen LogP contribution is -2.35. The maximum absolute atomic E-state index is 12.9. The normalized spacial score (nSPS) is 11.3. The van der Waals surface area contributed by atoms with Gasteiger partial charge in [0.2, 0.25) is 5.91 Å². The zero-order chi connectivity index (χ0) is 25.2. The third kappa shape index (κ3) is 8.24. The second-order valence-corrected chi connectivity index (χ2v) is 8.93. The Balaban J connectivity index is 1.48. The minimum Gasteiger partial charge on any atom is -0.492 e. The summed E-state index contributed by atoms with van der Waals surface area (Å²) in [6, 6.07) is 21.4. The molecular formula is C26H25Cl2N3O3S. The van der Waals surface area contributed by atoms with E-state index in [1.54, 1.807) is 42.5 Å². The molecule has 0 aromatic heterocycles. The van der Waals surface area contributed by atoms with Gasteiger partial charge in [0.15, 0.2) is 5.11 Å². The first-order valence-electron chi connectivity index (χ1n) is 11.0. The number of rotatable bonds is 9. The molecule has 0 aliphatic rings. The van der Waals surface area contributed by atoms with Crippen LogP contribution in [0.5, 0.6) is 5.75 Å². The third-order valence-electron chi connectivity index (χ3n) is 5.02. The fourth-order valence-electron chi connectivity index (χ4n) is 3.24. The smallest absolute Gasteiger partial charge is 0.253 e. The lowest BCUT2D eigenvalue weighted by atomic mass is 10.1. The largest absolute Gasteiger partial charge is 0.492 e. The molecule has 0 fully saturated rings. The molecule has 182 valence electrons. The predicted octanol–water partition coefficient (Wildman–Crippen LogP) is 6.16. The zero-order valence-corrected chi connectivity index (χ0v) is 21.3. The molecule has 3 rings (SSSR count). The number of halogens is 2. The van der Waals surface area contributed by atoms with E-state index in [1.807, 2.05) is 37.3 Å². The van der Waals surface area contributed by atoms with E-state index in [4.69, 9.17) is 40.2 Å². The Labute approximate surface area is 220 Å². The van der Waals surface area contributed by atoms with E-state index in [0.29, 0.717) is 40.1 Å². The Kier molecular flexibility index (Phi) is 9.90. The van der Waals surface area contributed by atoms with Crippen LogP contribution >= 0.6 is 35.4 Å². The van der Waals surface area contributed by atoms with E-state index in [1.165, 1.54) is 0 Å². The van der Waals surface area contributed by atoms with Crippen LogP contribution in [0.4, 0.5) is 5.69 Å². The Morgan fingerprint density at radius 2 is 1.71 bits per heavy atom. The monoisotopic (exact) mass is 529 g/mol. The quantitative estimate of drug-likeness (QED) is 0.228. The van der Waals surface area contributed by atoms with Crippen LogP contribution in [-0.2, 0) is 4.79 Å². The lowest BCUT2D eigenvalue weighted by molar-refractivity contribution is -0.119. The Hall–Kier alpha value is -3.13. The van der Waals surface area contributed by atoms with Crippen molar-refractivity contribution in [2.45, 2.75) is 25.8 Å². The van der Waals surface area contributed by atoms with Gasteiger partial charge in [0.05, 0.1) is 28.9 Å². The number of thiocarbonyl (C=S) groups is 1. The number of nitrogens with one attached hydrogen (secondary N) is 3. The molecule has 0 heterocycles. The second-order valence-electron chi connectivity index (χ2n) is 7.68. The minimum atomic E-state index is -0.270. The number of carbonyl (C=O) groups excluding carboxylic acids is 2. The van der Waals surface area contributed by atoms with Crippen molar-refractivity contribution in [3.63, 3.8) is 0 Å². The molecule has 1 atom stereocenters. The molecule has 0 bridgehead atoms. The average molecular weight is 530 g/mol. The molecular weight excluding hydrogens is 505 g/mol. The molecule has 0 aliphatic heterocycles. The lowest BCUT2D eigenvalue weighted by Gasteiger charge is -2.17. The maximum atomic E-state index is 12.9. The SMILES string of the molecule is CC(NC(=O)c1ccccc1NC(=S)NC(=O)CCCOc1ccc(Cl)cc1Cl)c1ccccc1. The molecule has 9 heteroatoms. The van der Waals surface area contributed by atoms with E-state index < -0.39 is 0 Å². The minimum absolute atomic E-state index is 0.105. The maximum Gasteiger partial charge on any atom is 0.253 e. The third-order valence-corrected chi connectivity index (χ3v) is 5.75. The van der Waals surface area contributed by atoms with Crippen LogP contribution < -0.4 is 20.7 Å². The molecule has 1 unspecified atom stereocenters. The molecule has 2 amide bonds. The van der Waals surface area contributed by atoms with Gasteiger partial charge in [-0.1, -0.05) is 65.7 Å². The van der Waals surface area contributed by atoms with Gasteiger partial charge in [0.1, 0.15) is 5.75 Å². The fraction of sp³-hybridized carbons (Fsp3) is 0.192. The molecule has 3 aromatic rings. The Morgan fingerprint density at radius 3 is 2.46 bits per heavy atom. The summed E-state index contributed by atoms with van der Waals surface area (Å²) in [5.74, 6) is -0.0188. The summed E-state index contributed by atoms with van der Waals surface area (Å²) in [5.41, 5.74) is 1.91. The molecule has 35 heavy (non-hydrogen) atoms. The summed E-state index contributed by atoms with van der Waals surface area (Å²) < 4.78 is 5.58. The Morgan fingerprint density at radius 1 is 1.00 bits per heavy atom. The van der Waals surface area contributed by atoms with Gasteiger partial charge in [-0.25, -0.2) is 0 Å². The van der Waals surface area contributed by atoms with Crippen LogP contribution in [0.2, 0.25) is 10.0 Å². The number of hydrogen-bond acceptors (Lipinski definition) is 4. The van der Waals surface area contributed by atoms with Crippen molar-refractivity contribution < 1.29 is 14.3 Å². The van der Waals surface area contributed by atoms with Crippen LogP contribution in [0.1, 0.15) is 41.7 Å². The first kappa shape index (κ1) is 26.5. The number of anilines is 1. The van der Waals surface area contributed by atoms with Gasteiger partial charge in [-0.15, -0.1) is 0 Å². The van der Waals surface area contributed by atoms with Gasteiger partial charge < -0.3 is 20.7 Å². The van der Waals surface area contributed by atoms with Crippen molar-refractivity contribution in [1.82, 2.24) is 10.6 Å². The van der Waals surface area contributed by atoms with E-state index in [9.17, 15) is 9.59 Å². The van der Waals surface area contributed by atoms with Crippen molar-refractivity contribution >= 4 is 58.0 Å². The first-order valence-corrected chi connectivity index (χ1v) is 12.1. The number of hydrogen-bond donors (Lipinski definition) is 3. The summed E-state index contributed by atoms with van der Waals surface area (Å²) in [5, 5.41) is 9.59. The van der Waals surface area contributed by atoms with Crippen LogP contribution in [0.3, 0.4) is 0 Å². The summed E-state index contributed by atoms with van der Waals surface area (Å²) in [7, 11) is 0. The molecule has 0 spiro atoms. The van der Waals surface area contributed by atoms with Crippen molar-refractivity contribution in [3.8, 4) is 5.75 Å².